The number of nitrogens with one attached hydrogen (secondary N) is 2. The number of amides is 2. The van der Waals surface area contributed by atoms with Crippen LogP contribution in [0.15, 0.2) is 33.7 Å². The first kappa shape index (κ1) is 37.8. The van der Waals surface area contributed by atoms with Crippen LogP contribution in [0.25, 0.3) is 0 Å². The molecule has 2 aromatic rings. The van der Waals surface area contributed by atoms with Crippen LogP contribution in [0.5, 0.6) is 5.75 Å². The third kappa shape index (κ3) is 8.23. The quantitative estimate of drug-likeness (QED) is 0.0450. The van der Waals surface area contributed by atoms with Crippen LogP contribution in [0.4, 0.5) is 5.13 Å². The van der Waals surface area contributed by atoms with E-state index < -0.39 is 57.2 Å². The monoisotopic (exact) mass is 752 g/mol. The molecule has 5 rings (SSSR count). The fraction of sp³-hybridized carbons (Fsp3) is 0.533. The number of aromatic nitrogens is 1. The Morgan fingerprint density at radius 1 is 1.31 bits per heavy atom. The van der Waals surface area contributed by atoms with E-state index in [2.05, 4.69) is 30.0 Å². The van der Waals surface area contributed by atoms with Gasteiger partial charge in [0.05, 0.1) is 12.1 Å². The fourth-order valence-corrected chi connectivity index (χ4v) is 7.05. The van der Waals surface area contributed by atoms with Gasteiger partial charge in [0, 0.05) is 23.5 Å². The highest BCUT2D eigenvalue weighted by Crippen LogP contribution is 2.35. The lowest BCUT2D eigenvalue weighted by Crippen LogP contribution is -2.76. The maximum atomic E-state index is 13.5. The number of benzene rings is 1. The Kier molecular flexibility index (Phi) is 10.9. The Hall–Kier alpha value is -4.41. The number of hydrogen-bond acceptors (Lipinski definition) is 15. The van der Waals surface area contributed by atoms with Gasteiger partial charge >= 0.3 is 16.4 Å². The molecule has 2 saturated heterocycles. The van der Waals surface area contributed by atoms with E-state index >= 15 is 0 Å². The summed E-state index contributed by atoms with van der Waals surface area (Å²) in [5, 5.41) is 31.1. The number of hydrogen-bond donors (Lipinski definition) is 7. The predicted molar refractivity (Wildman–Crippen MR) is 182 cm³/mol. The number of ether oxygens (including phenoxy) is 1. The first-order chi connectivity index (χ1) is 23.9. The number of piperidine rings is 1. The van der Waals surface area contributed by atoms with E-state index in [1.54, 1.807) is 12.1 Å². The van der Waals surface area contributed by atoms with Crippen LogP contribution in [0, 0.1) is 5.92 Å². The van der Waals surface area contributed by atoms with Crippen LogP contribution in [0.2, 0.25) is 0 Å². The molecule has 19 nitrogen and oxygen atoms in total. The van der Waals surface area contributed by atoms with Crippen LogP contribution in [-0.2, 0) is 40.3 Å². The van der Waals surface area contributed by atoms with Crippen molar-refractivity contribution in [3.63, 3.8) is 0 Å². The van der Waals surface area contributed by atoms with Gasteiger partial charge in [0.1, 0.15) is 23.3 Å². The standard InChI is InChI=1S/C30H40N8O11S2/c1-29(2)23(26(41)38(29)49-51(44,45)46)36-25(40)22(19-14-50-28(32)35-19)37-48-30(3,27(42)43)21-7-5-16-11-17(4-6-20(16)47-21)24(31)34-12-15-8-9-33-18(10-15)13-39/h4,6,11,14-15,18,21,23,33,39H,5,7-10,12-13H2,1-3H3,(H2,31,34)(H2,32,35)(H,36,40)(H,42,43)(H,44,45,46)/b37-22-/t15-,18+,21+,23+,30-/m0/s1. The van der Waals surface area contributed by atoms with Gasteiger partial charge in [-0.2, -0.15) is 13.5 Å². The molecule has 0 unspecified atom stereocenters. The molecule has 51 heavy (non-hydrogen) atoms. The normalized spacial score (nSPS) is 24.8. The highest BCUT2D eigenvalue weighted by molar-refractivity contribution is 7.80. The number of carboxylic acids is 1. The number of nitrogen functional groups attached to an aromatic ring is 1. The summed E-state index contributed by atoms with van der Waals surface area (Å²) < 4.78 is 41.8. The number of nitrogens with zero attached hydrogens (tertiary/aromatic N) is 4. The minimum atomic E-state index is -5.03. The van der Waals surface area contributed by atoms with Crippen LogP contribution in [0.3, 0.4) is 0 Å². The summed E-state index contributed by atoms with van der Waals surface area (Å²) in [6.45, 7) is 5.37. The molecule has 4 heterocycles. The number of nitrogens with two attached hydrogens (primary N) is 2. The lowest BCUT2D eigenvalue weighted by atomic mass is 9.84. The molecule has 1 aromatic carbocycles. The number of oxime groups is 1. The molecule has 0 bridgehead atoms. The minimum Gasteiger partial charge on any atom is -0.485 e. The van der Waals surface area contributed by atoms with Crippen molar-refractivity contribution in [2.45, 2.75) is 75.8 Å². The molecule has 5 atom stereocenters. The molecule has 3 aliphatic heterocycles. The van der Waals surface area contributed by atoms with Crippen LogP contribution < -0.4 is 26.8 Å². The number of aliphatic hydroxyl groups is 1. The Morgan fingerprint density at radius 3 is 2.69 bits per heavy atom. The molecule has 0 saturated carbocycles. The predicted octanol–water partition coefficient (Wildman–Crippen LogP) is -0.411. The smallest absolute Gasteiger partial charge is 0.418 e. The maximum absolute atomic E-state index is 13.5. The summed E-state index contributed by atoms with van der Waals surface area (Å²) in [5.41, 5.74) is 9.35. The van der Waals surface area contributed by atoms with Gasteiger partial charge in [-0.25, -0.2) is 9.78 Å². The largest absolute Gasteiger partial charge is 0.485 e. The average Bonchev–Trinajstić information content (AvgIpc) is 3.52. The number of aliphatic carboxylic acids is 1. The number of thiazole rings is 1. The molecule has 9 N–H and O–H groups in total. The van der Waals surface area contributed by atoms with Gasteiger partial charge in [0.15, 0.2) is 16.9 Å². The van der Waals surface area contributed by atoms with Gasteiger partial charge < -0.3 is 41.9 Å². The van der Waals surface area contributed by atoms with Gasteiger partial charge in [0.25, 0.3) is 17.4 Å². The molecule has 2 fully saturated rings. The van der Waals surface area contributed by atoms with Crippen LogP contribution >= 0.6 is 11.3 Å². The van der Waals surface area contributed by atoms with Crippen molar-refractivity contribution in [1.29, 1.82) is 0 Å². The Bertz CT molecular complexity index is 1850. The van der Waals surface area contributed by atoms with Crippen molar-refractivity contribution in [2.24, 2.45) is 21.8 Å². The summed E-state index contributed by atoms with van der Waals surface area (Å²) in [6, 6.07) is 3.92. The minimum absolute atomic E-state index is 0.0465. The van der Waals surface area contributed by atoms with Crippen molar-refractivity contribution >= 4 is 56.2 Å². The lowest BCUT2D eigenvalue weighted by Gasteiger charge is -2.50. The zero-order chi connectivity index (χ0) is 37.3. The van der Waals surface area contributed by atoms with E-state index in [1.807, 2.05) is 6.07 Å². The number of aliphatic imine (C=N–C) groups is 1. The Morgan fingerprint density at radius 2 is 2.06 bits per heavy atom. The van der Waals surface area contributed by atoms with E-state index in [0.717, 1.165) is 36.3 Å². The summed E-state index contributed by atoms with van der Waals surface area (Å²) in [7, 11) is -5.03. The highest BCUT2D eigenvalue weighted by Gasteiger charge is 2.58. The van der Waals surface area contributed by atoms with E-state index in [0.29, 0.717) is 41.1 Å². The van der Waals surface area contributed by atoms with Crippen molar-refractivity contribution in [2.75, 3.05) is 25.4 Å². The number of aliphatic hydroxyl groups excluding tert-OH is 1. The topological polar surface area (TPSA) is 291 Å². The summed E-state index contributed by atoms with van der Waals surface area (Å²) in [6.07, 6.45) is 1.23. The van der Waals surface area contributed by atoms with E-state index in [4.69, 9.17) is 25.6 Å². The van der Waals surface area contributed by atoms with Crippen molar-refractivity contribution in [3.8, 4) is 5.75 Å². The van der Waals surface area contributed by atoms with Gasteiger partial charge in [-0.3, -0.25) is 19.1 Å². The fourth-order valence-electron chi connectivity index (χ4n) is 6.05. The maximum Gasteiger partial charge on any atom is 0.418 e. The number of aryl methyl sites for hydroxylation is 1. The first-order valence-corrected chi connectivity index (χ1v) is 18.1. The molecular formula is C30H40N8O11S2. The second kappa shape index (κ2) is 14.7. The Balaban J connectivity index is 1.31. The summed E-state index contributed by atoms with van der Waals surface area (Å²) >= 11 is 0.961. The molecule has 3 aliphatic rings. The number of hydroxylamine groups is 2. The number of anilines is 1. The molecule has 0 aliphatic carbocycles. The van der Waals surface area contributed by atoms with Crippen LogP contribution in [-0.4, -0.2) is 112 Å². The van der Waals surface area contributed by atoms with Crippen molar-refractivity contribution in [1.82, 2.24) is 20.7 Å². The van der Waals surface area contributed by atoms with Crippen molar-refractivity contribution < 1.29 is 51.4 Å². The van der Waals surface area contributed by atoms with Gasteiger partial charge in [-0.05, 0) is 82.7 Å². The van der Waals surface area contributed by atoms with E-state index in [1.165, 1.54) is 26.2 Å². The molecular weight excluding hydrogens is 713 g/mol. The highest BCUT2D eigenvalue weighted by atomic mass is 32.3. The third-order valence-corrected chi connectivity index (χ3v) is 10.1. The molecule has 0 radical (unpaired) electrons. The van der Waals surface area contributed by atoms with Gasteiger partial charge in [0.2, 0.25) is 0 Å². The third-order valence-electron chi connectivity index (χ3n) is 9.11. The molecule has 2 amide bonds. The summed E-state index contributed by atoms with van der Waals surface area (Å²) in [5.74, 6) is -2.42. The SMILES string of the molecule is CC1(C)[C@H](NC(=O)/C(=N\O[C@](C)(C(=O)O)[C@H]2CCc3cc(C(N)=NC[C@H]4CCN[C@@H](CO)C4)ccc3O2)c2csc(N)n2)C(=O)N1OS(=O)(=O)O. The van der Waals surface area contributed by atoms with Gasteiger partial charge in [-0.15, -0.1) is 15.6 Å². The molecule has 1 aromatic heterocycles. The number of carboxylic acid groups (broad SMARTS) is 1. The van der Waals surface area contributed by atoms with E-state index in [9.17, 15) is 33.0 Å². The second-order valence-corrected chi connectivity index (χ2v) is 15.0. The number of β-lactam (4-membered cyclic amide) rings is 1. The molecule has 0 spiro atoms. The first-order valence-electron chi connectivity index (χ1n) is 15.9. The Labute approximate surface area is 296 Å². The van der Waals surface area contributed by atoms with Crippen LogP contribution in [0.1, 0.15) is 56.9 Å². The second-order valence-electron chi connectivity index (χ2n) is 13.1. The zero-order valence-corrected chi connectivity index (χ0v) is 29.6. The number of carbonyl (C=O) groups is 3. The van der Waals surface area contributed by atoms with Crippen molar-refractivity contribution in [3.05, 3.63) is 40.4 Å². The van der Waals surface area contributed by atoms with Gasteiger partial charge in [-0.1, -0.05) is 5.16 Å². The molecule has 21 heteroatoms. The summed E-state index contributed by atoms with van der Waals surface area (Å²) in [4.78, 5) is 53.0. The molecule has 278 valence electrons. The number of carbonyl (C=O) groups excluding carboxylic acids is 2. The number of amidine groups is 1. The number of rotatable bonds is 13. The average molecular weight is 753 g/mol. The van der Waals surface area contributed by atoms with E-state index in [-0.39, 0.29) is 29.9 Å². The lowest BCUT2D eigenvalue weighted by molar-refractivity contribution is -0.218. The number of fused-ring (bicyclic) bond motifs is 1. The zero-order valence-electron chi connectivity index (χ0n) is 27.9.